The van der Waals surface area contributed by atoms with Gasteiger partial charge in [-0.1, -0.05) is 0 Å². The van der Waals surface area contributed by atoms with E-state index in [1.165, 1.54) is 17.0 Å². The molecule has 0 spiro atoms. The van der Waals surface area contributed by atoms with E-state index in [9.17, 15) is 44.7 Å². The molecule has 0 unspecified atom stereocenters. The summed E-state index contributed by atoms with van der Waals surface area (Å²) in [5.41, 5.74) is -4.33. The van der Waals surface area contributed by atoms with Crippen LogP contribution in [0.4, 0.5) is 35.1 Å². The van der Waals surface area contributed by atoms with E-state index in [2.05, 4.69) is 20.3 Å². The number of hydrogen-bond acceptors (Lipinski definition) is 4. The number of H-pyrrole nitrogens is 1. The Hall–Kier alpha value is -3.00. The fourth-order valence-corrected chi connectivity index (χ4v) is 7.75. The highest BCUT2D eigenvalue weighted by Crippen LogP contribution is 2.70. The number of aromatic amines is 1. The first-order valence-corrected chi connectivity index (χ1v) is 14.9. The molecule has 2 aromatic heterocycles. The van der Waals surface area contributed by atoms with Gasteiger partial charge < -0.3 is 15.2 Å². The summed E-state index contributed by atoms with van der Waals surface area (Å²) in [6.07, 6.45) is -7.68. The van der Waals surface area contributed by atoms with Gasteiger partial charge in [-0.05, 0) is 63.0 Å². The molecule has 3 heterocycles. The second kappa shape index (κ2) is 9.27. The Morgan fingerprint density at radius 1 is 0.932 bits per heavy atom. The maximum atomic E-state index is 14.6. The molecular formula is C29H31F8N5O2. The summed E-state index contributed by atoms with van der Waals surface area (Å²) in [5.74, 6) is -8.24. The van der Waals surface area contributed by atoms with Gasteiger partial charge in [0.25, 0.3) is 5.92 Å². The van der Waals surface area contributed by atoms with Gasteiger partial charge in [-0.25, -0.2) is 31.9 Å². The molecule has 6 aliphatic rings. The number of pyridine rings is 1. The Kier molecular flexibility index (Phi) is 6.26. The van der Waals surface area contributed by atoms with Crippen molar-refractivity contribution in [3.05, 3.63) is 23.7 Å². The minimum atomic E-state index is -4.78. The lowest BCUT2D eigenvalue weighted by Crippen LogP contribution is -2.71. The average Bonchev–Trinajstić information content (AvgIpc) is 3.63. The highest BCUT2D eigenvalue weighted by molar-refractivity contribution is 5.88. The Morgan fingerprint density at radius 2 is 1.59 bits per heavy atom. The number of imidazole rings is 1. The van der Waals surface area contributed by atoms with Crippen LogP contribution in [0, 0.1) is 16.7 Å². The summed E-state index contributed by atoms with van der Waals surface area (Å²) in [5, 5.41) is 2.44. The van der Waals surface area contributed by atoms with Crippen LogP contribution >= 0.6 is 0 Å². The number of aromatic nitrogens is 3. The standard InChI is InChI=1S/C29H31F8N5O2/c30-25-12-24(13-25,14-25)23(44)42-10-9-28(33,34)11-18(42)16-1-2-17-20(38-16)41-21(39-17)19(15-3-5-27(31,32)6-4-15)40-22(43)26(7-8-26)29(35,36)37/h1-2,15,18-19H,3-14H2,(H,40,43)(H,38,39,41)/t18-,19-,24?,25?/m0/s1. The van der Waals surface area contributed by atoms with Gasteiger partial charge in [-0.3, -0.25) is 9.59 Å². The van der Waals surface area contributed by atoms with Crippen LogP contribution in [-0.2, 0) is 9.59 Å². The van der Waals surface area contributed by atoms with E-state index < -0.39 is 84.1 Å². The van der Waals surface area contributed by atoms with Crippen LogP contribution in [0.1, 0.15) is 94.2 Å². The molecule has 5 aliphatic carbocycles. The van der Waals surface area contributed by atoms with Crippen molar-refractivity contribution in [1.29, 1.82) is 0 Å². The molecule has 1 aliphatic heterocycles. The normalized spacial score (nSPS) is 32.8. The van der Waals surface area contributed by atoms with E-state index in [1.807, 2.05) is 0 Å². The van der Waals surface area contributed by atoms with Crippen molar-refractivity contribution in [2.45, 2.75) is 106 Å². The first-order valence-electron chi connectivity index (χ1n) is 14.9. The number of hydrogen-bond donors (Lipinski definition) is 2. The smallest absolute Gasteiger partial charge is 0.345 e. The van der Waals surface area contributed by atoms with E-state index in [0.717, 1.165) is 0 Å². The summed E-state index contributed by atoms with van der Waals surface area (Å²) in [7, 11) is 0. The van der Waals surface area contributed by atoms with Crippen molar-refractivity contribution < 1.29 is 44.7 Å². The minimum absolute atomic E-state index is 0.0179. The fraction of sp³-hybridized carbons (Fsp3) is 0.724. The molecule has 2 N–H and O–H groups in total. The van der Waals surface area contributed by atoms with E-state index in [4.69, 9.17) is 0 Å². The van der Waals surface area contributed by atoms with Gasteiger partial charge in [0.2, 0.25) is 17.7 Å². The van der Waals surface area contributed by atoms with Crippen LogP contribution in [0.2, 0.25) is 0 Å². The first-order chi connectivity index (χ1) is 20.4. The number of halogens is 8. The van der Waals surface area contributed by atoms with Crippen molar-refractivity contribution in [2.24, 2.45) is 16.7 Å². The van der Waals surface area contributed by atoms with Gasteiger partial charge in [0.05, 0.1) is 28.7 Å². The van der Waals surface area contributed by atoms with Crippen LogP contribution in [0.15, 0.2) is 12.1 Å². The summed E-state index contributed by atoms with van der Waals surface area (Å²) in [4.78, 5) is 39.5. The summed E-state index contributed by atoms with van der Waals surface area (Å²) in [6, 6.07) is 0.684. The fourth-order valence-electron chi connectivity index (χ4n) is 7.75. The number of nitrogens with zero attached hydrogens (tertiary/aromatic N) is 3. The lowest BCUT2D eigenvalue weighted by atomic mass is 9.41. The summed E-state index contributed by atoms with van der Waals surface area (Å²) in [6.45, 7) is -0.232. The third-order valence-electron chi connectivity index (χ3n) is 10.5. The van der Waals surface area contributed by atoms with Crippen LogP contribution in [0.3, 0.4) is 0 Å². The number of piperidine rings is 1. The zero-order chi connectivity index (χ0) is 31.5. The van der Waals surface area contributed by atoms with E-state index in [1.54, 1.807) is 0 Å². The number of alkyl halides is 8. The van der Waals surface area contributed by atoms with Crippen molar-refractivity contribution >= 4 is 23.0 Å². The third-order valence-corrected chi connectivity index (χ3v) is 10.5. The lowest BCUT2D eigenvalue weighted by molar-refractivity contribution is -0.227. The number of amides is 2. The van der Waals surface area contributed by atoms with E-state index in [0.29, 0.717) is 5.52 Å². The van der Waals surface area contributed by atoms with Gasteiger partial charge in [-0.2, -0.15) is 13.2 Å². The SMILES string of the molecule is O=C(N1CCC(F)(F)C[C@H]1c1ccc2[nH]c([C@@H](NC(=O)C3(C(F)(F)F)CC3)C3CCC(F)(F)CC3)nc2n1)C12CC(F)(C1)C2. The topological polar surface area (TPSA) is 91.0 Å². The van der Waals surface area contributed by atoms with Crippen LogP contribution in [0.25, 0.3) is 11.2 Å². The molecule has 2 bridgehead atoms. The van der Waals surface area contributed by atoms with Gasteiger partial charge in [0.1, 0.15) is 16.9 Å². The molecule has 2 atom stereocenters. The number of rotatable bonds is 6. The predicted molar refractivity (Wildman–Crippen MR) is 138 cm³/mol. The largest absolute Gasteiger partial charge is 0.403 e. The van der Waals surface area contributed by atoms with Crippen molar-refractivity contribution in [2.75, 3.05) is 6.54 Å². The van der Waals surface area contributed by atoms with Crippen LogP contribution < -0.4 is 5.32 Å². The molecule has 1 saturated heterocycles. The maximum Gasteiger partial charge on any atom is 0.403 e. The third kappa shape index (κ3) is 4.74. The Labute approximate surface area is 246 Å². The molecule has 2 aromatic rings. The lowest BCUT2D eigenvalue weighted by Gasteiger charge is -2.65. The van der Waals surface area contributed by atoms with Gasteiger partial charge in [0.15, 0.2) is 5.65 Å². The van der Waals surface area contributed by atoms with Gasteiger partial charge in [-0.15, -0.1) is 0 Å². The first kappa shape index (κ1) is 29.7. The van der Waals surface area contributed by atoms with Crippen LogP contribution in [-0.4, -0.2) is 61.9 Å². The Bertz CT molecular complexity index is 1490. The van der Waals surface area contributed by atoms with Gasteiger partial charge >= 0.3 is 6.18 Å². The highest BCUT2D eigenvalue weighted by atomic mass is 19.4. The molecule has 44 heavy (non-hydrogen) atoms. The number of fused-ring (bicyclic) bond motifs is 1. The Balaban J connectivity index is 1.19. The number of likely N-dealkylation sites (tertiary alicyclic amines) is 1. The van der Waals surface area contributed by atoms with Crippen LogP contribution in [0.5, 0.6) is 0 Å². The maximum absolute atomic E-state index is 14.6. The van der Waals surface area contributed by atoms with Crippen molar-refractivity contribution in [1.82, 2.24) is 25.2 Å². The molecule has 8 rings (SSSR count). The number of carbonyl (C=O) groups is 2. The molecule has 5 saturated carbocycles. The highest BCUT2D eigenvalue weighted by Gasteiger charge is 2.74. The monoisotopic (exact) mass is 633 g/mol. The quantitative estimate of drug-likeness (QED) is 0.357. The predicted octanol–water partition coefficient (Wildman–Crippen LogP) is 6.47. The Morgan fingerprint density at radius 3 is 2.18 bits per heavy atom. The molecule has 0 radical (unpaired) electrons. The van der Waals surface area contributed by atoms with Gasteiger partial charge in [0, 0.05) is 32.2 Å². The zero-order valence-electron chi connectivity index (χ0n) is 23.6. The minimum Gasteiger partial charge on any atom is -0.345 e. The molecule has 6 fully saturated rings. The van der Waals surface area contributed by atoms with E-state index >= 15 is 0 Å². The molecule has 7 nitrogen and oxygen atoms in total. The summed E-state index contributed by atoms with van der Waals surface area (Å²) >= 11 is 0. The molecular weight excluding hydrogens is 602 g/mol. The van der Waals surface area contributed by atoms with Crippen molar-refractivity contribution in [3.63, 3.8) is 0 Å². The molecule has 0 aromatic carbocycles. The van der Waals surface area contributed by atoms with E-state index in [-0.39, 0.29) is 74.6 Å². The number of carbonyl (C=O) groups excluding carboxylic acids is 2. The second-order valence-electron chi connectivity index (χ2n) is 13.7. The molecule has 15 heteroatoms. The zero-order valence-corrected chi connectivity index (χ0v) is 23.6. The average molecular weight is 634 g/mol. The summed E-state index contributed by atoms with van der Waals surface area (Å²) < 4.78 is 112. The second-order valence-corrected chi connectivity index (χ2v) is 13.7. The van der Waals surface area contributed by atoms with Crippen molar-refractivity contribution in [3.8, 4) is 0 Å². The number of nitrogens with one attached hydrogen (secondary N) is 2. The molecule has 2 amide bonds. The molecule has 240 valence electrons.